The minimum absolute atomic E-state index is 0.142. The predicted molar refractivity (Wildman–Crippen MR) is 130 cm³/mol. The largest absolute Gasteiger partial charge is 0.489 e. The van der Waals surface area contributed by atoms with Crippen LogP contribution >= 0.6 is 0 Å². The van der Waals surface area contributed by atoms with Gasteiger partial charge in [0, 0.05) is 5.56 Å². The van der Waals surface area contributed by atoms with Crippen molar-refractivity contribution in [1.82, 2.24) is 5.43 Å². The molecule has 0 saturated heterocycles. The highest BCUT2D eigenvalue weighted by atomic mass is 19.1. The molecule has 0 heterocycles. The summed E-state index contributed by atoms with van der Waals surface area (Å²) < 4.78 is 24.6. The summed E-state index contributed by atoms with van der Waals surface area (Å²) in [5.74, 6) is -0.885. The van der Waals surface area contributed by atoms with Crippen LogP contribution in [-0.4, -0.2) is 18.1 Å². The molecule has 35 heavy (non-hydrogen) atoms. The van der Waals surface area contributed by atoms with Crippen molar-refractivity contribution < 1.29 is 23.5 Å². The Morgan fingerprint density at radius 3 is 2.17 bits per heavy atom. The number of hydrogen-bond donors (Lipinski definition) is 1. The van der Waals surface area contributed by atoms with Crippen molar-refractivity contribution in [3.63, 3.8) is 0 Å². The lowest BCUT2D eigenvalue weighted by Crippen LogP contribution is -2.17. The molecule has 4 aromatic carbocycles. The molecule has 0 bridgehead atoms. The number of nitrogens with zero attached hydrogens (tertiary/aromatic N) is 1. The smallest absolute Gasteiger partial charge is 0.346 e. The van der Waals surface area contributed by atoms with Crippen molar-refractivity contribution in [2.24, 2.45) is 5.10 Å². The highest BCUT2D eigenvalue weighted by molar-refractivity contribution is 5.95. The van der Waals surface area contributed by atoms with Crippen LogP contribution in [0.3, 0.4) is 0 Å². The molecule has 174 valence electrons. The van der Waals surface area contributed by atoms with E-state index in [1.54, 1.807) is 54.6 Å². The first-order valence-electron chi connectivity index (χ1n) is 10.8. The van der Waals surface area contributed by atoms with Crippen LogP contribution < -0.4 is 14.9 Å². The normalized spacial score (nSPS) is 10.7. The first kappa shape index (κ1) is 23.4. The van der Waals surface area contributed by atoms with E-state index < -0.39 is 11.8 Å². The van der Waals surface area contributed by atoms with Crippen molar-refractivity contribution in [3.05, 3.63) is 131 Å². The summed E-state index contributed by atoms with van der Waals surface area (Å²) >= 11 is 0. The van der Waals surface area contributed by atoms with E-state index in [0.29, 0.717) is 23.5 Å². The lowest BCUT2D eigenvalue weighted by Gasteiger charge is -2.07. The van der Waals surface area contributed by atoms with E-state index in [1.165, 1.54) is 24.4 Å². The SMILES string of the molecule is O=C(NN=Cc1ccc(OC(=O)c2ccccc2F)cc1)c1ccc(OCc2ccccc2)cc1. The van der Waals surface area contributed by atoms with Gasteiger partial charge >= 0.3 is 5.97 Å². The average Bonchev–Trinajstić information content (AvgIpc) is 2.89. The molecule has 0 unspecified atom stereocenters. The van der Waals surface area contributed by atoms with E-state index in [4.69, 9.17) is 9.47 Å². The fourth-order valence-corrected chi connectivity index (χ4v) is 3.08. The third kappa shape index (κ3) is 6.61. The van der Waals surface area contributed by atoms with Crippen LogP contribution in [0.5, 0.6) is 11.5 Å². The maximum Gasteiger partial charge on any atom is 0.346 e. The third-order valence-corrected chi connectivity index (χ3v) is 4.93. The molecule has 1 amide bonds. The number of esters is 1. The summed E-state index contributed by atoms with van der Waals surface area (Å²) in [4.78, 5) is 24.4. The van der Waals surface area contributed by atoms with Crippen molar-refractivity contribution in [2.45, 2.75) is 6.61 Å². The number of amides is 1. The van der Waals surface area contributed by atoms with E-state index in [2.05, 4.69) is 10.5 Å². The number of carbonyl (C=O) groups is 2. The molecule has 1 N–H and O–H groups in total. The highest BCUT2D eigenvalue weighted by Crippen LogP contribution is 2.16. The molecule has 0 aliphatic carbocycles. The van der Waals surface area contributed by atoms with E-state index in [9.17, 15) is 14.0 Å². The first-order chi connectivity index (χ1) is 17.1. The van der Waals surface area contributed by atoms with Crippen molar-refractivity contribution >= 4 is 18.1 Å². The molecule has 0 aliphatic rings. The van der Waals surface area contributed by atoms with Crippen LogP contribution in [0.25, 0.3) is 0 Å². The van der Waals surface area contributed by atoms with Crippen molar-refractivity contribution in [1.29, 1.82) is 0 Å². The summed E-state index contributed by atoms with van der Waals surface area (Å²) in [5, 5.41) is 3.95. The van der Waals surface area contributed by atoms with Crippen LogP contribution in [0.2, 0.25) is 0 Å². The number of ether oxygens (including phenoxy) is 2. The highest BCUT2D eigenvalue weighted by Gasteiger charge is 2.13. The zero-order valence-corrected chi connectivity index (χ0v) is 18.6. The van der Waals surface area contributed by atoms with Gasteiger partial charge in [0.05, 0.1) is 11.8 Å². The van der Waals surface area contributed by atoms with E-state index in [0.717, 1.165) is 5.56 Å². The Morgan fingerprint density at radius 2 is 1.46 bits per heavy atom. The van der Waals surface area contributed by atoms with Crippen LogP contribution in [0.1, 0.15) is 31.8 Å². The van der Waals surface area contributed by atoms with Gasteiger partial charge in [0.1, 0.15) is 23.9 Å². The predicted octanol–water partition coefficient (Wildman–Crippen LogP) is 5.39. The summed E-state index contributed by atoms with van der Waals surface area (Å²) in [6.07, 6.45) is 1.46. The lowest BCUT2D eigenvalue weighted by atomic mass is 10.2. The van der Waals surface area contributed by atoms with Gasteiger partial charge in [0.25, 0.3) is 5.91 Å². The summed E-state index contributed by atoms with van der Waals surface area (Å²) in [7, 11) is 0. The maximum absolute atomic E-state index is 13.7. The molecule has 4 aromatic rings. The Labute approximate surface area is 201 Å². The van der Waals surface area contributed by atoms with Crippen LogP contribution in [0.4, 0.5) is 4.39 Å². The van der Waals surface area contributed by atoms with Gasteiger partial charge in [0.15, 0.2) is 0 Å². The quantitative estimate of drug-likeness (QED) is 0.163. The van der Waals surface area contributed by atoms with Crippen LogP contribution in [0.15, 0.2) is 108 Å². The molecule has 0 atom stereocenters. The molecule has 0 radical (unpaired) electrons. The van der Waals surface area contributed by atoms with Gasteiger partial charge in [0.2, 0.25) is 0 Å². The van der Waals surface area contributed by atoms with Crippen LogP contribution in [0, 0.1) is 5.82 Å². The zero-order chi connectivity index (χ0) is 24.5. The molecule has 0 saturated carbocycles. The van der Waals surface area contributed by atoms with Gasteiger partial charge in [-0.2, -0.15) is 5.10 Å². The van der Waals surface area contributed by atoms with E-state index in [1.807, 2.05) is 30.3 Å². The molecule has 4 rings (SSSR count). The van der Waals surface area contributed by atoms with Crippen molar-refractivity contribution in [3.8, 4) is 11.5 Å². The number of benzene rings is 4. The number of carbonyl (C=O) groups excluding carboxylic acids is 2. The number of rotatable bonds is 8. The molecule has 0 aromatic heterocycles. The van der Waals surface area contributed by atoms with Gasteiger partial charge in [-0.25, -0.2) is 14.6 Å². The van der Waals surface area contributed by atoms with Gasteiger partial charge in [-0.15, -0.1) is 0 Å². The second kappa shape index (κ2) is 11.4. The fraction of sp³-hybridized carbons (Fsp3) is 0.0357. The standard InChI is InChI=1S/C28H21FN2O4/c29-26-9-5-4-8-25(26)28(33)35-24-14-10-20(11-15-24)18-30-31-27(32)22-12-16-23(17-13-22)34-19-21-6-2-1-3-7-21/h1-18H,19H2,(H,31,32). The number of hydrogen-bond acceptors (Lipinski definition) is 5. The monoisotopic (exact) mass is 468 g/mol. The minimum Gasteiger partial charge on any atom is -0.489 e. The molecule has 0 spiro atoms. The first-order valence-corrected chi connectivity index (χ1v) is 10.8. The Kier molecular flexibility index (Phi) is 7.60. The molecular formula is C28H21FN2O4. The van der Waals surface area contributed by atoms with Gasteiger partial charge < -0.3 is 9.47 Å². The Bertz CT molecular complexity index is 1320. The lowest BCUT2D eigenvalue weighted by molar-refractivity contribution is 0.0729. The van der Waals surface area contributed by atoms with Gasteiger partial charge in [-0.05, 0) is 71.8 Å². The fourth-order valence-electron chi connectivity index (χ4n) is 3.08. The second-order valence-corrected chi connectivity index (χ2v) is 7.44. The molecule has 0 aliphatic heterocycles. The zero-order valence-electron chi connectivity index (χ0n) is 18.6. The van der Waals surface area contributed by atoms with E-state index >= 15 is 0 Å². The molecular weight excluding hydrogens is 447 g/mol. The second-order valence-electron chi connectivity index (χ2n) is 7.44. The molecule has 7 heteroatoms. The summed E-state index contributed by atoms with van der Waals surface area (Å²) in [6.45, 7) is 0.442. The van der Waals surface area contributed by atoms with Crippen LogP contribution in [-0.2, 0) is 6.61 Å². The van der Waals surface area contributed by atoms with Crippen molar-refractivity contribution in [2.75, 3.05) is 0 Å². The Morgan fingerprint density at radius 1 is 0.800 bits per heavy atom. The summed E-state index contributed by atoms with van der Waals surface area (Å²) in [5.41, 5.74) is 4.48. The van der Waals surface area contributed by atoms with Gasteiger partial charge in [-0.3, -0.25) is 4.79 Å². The topological polar surface area (TPSA) is 77.0 Å². The van der Waals surface area contributed by atoms with E-state index in [-0.39, 0.29) is 17.2 Å². The number of halogens is 1. The molecule has 6 nitrogen and oxygen atoms in total. The maximum atomic E-state index is 13.7. The minimum atomic E-state index is -0.784. The Balaban J connectivity index is 1.26. The van der Waals surface area contributed by atoms with Gasteiger partial charge in [-0.1, -0.05) is 42.5 Å². The third-order valence-electron chi connectivity index (χ3n) is 4.93. The average molecular weight is 468 g/mol. The number of nitrogens with one attached hydrogen (secondary N) is 1. The molecule has 0 fully saturated rings. The summed E-state index contributed by atoms with van der Waals surface area (Å²) in [6, 6.07) is 28.6. The Hall–Kier alpha value is -4.78. The number of hydrazone groups is 1.